The van der Waals surface area contributed by atoms with Crippen LogP contribution in [-0.2, 0) is 20.9 Å². The summed E-state index contributed by atoms with van der Waals surface area (Å²) in [5, 5.41) is 0. The number of halogens is 1. The number of nitrogens with zero attached hydrogens (tertiary/aromatic N) is 2. The lowest BCUT2D eigenvalue weighted by molar-refractivity contribution is -0.134. The smallest absolute Gasteiger partial charge is 0.252 e. The van der Waals surface area contributed by atoms with Gasteiger partial charge in [-0.05, 0) is 36.6 Å². The van der Waals surface area contributed by atoms with Crippen LogP contribution in [0.25, 0.3) is 0 Å². The van der Waals surface area contributed by atoms with Crippen molar-refractivity contribution < 1.29 is 18.7 Å². The molecule has 1 aromatic rings. The van der Waals surface area contributed by atoms with Crippen molar-refractivity contribution in [3.05, 3.63) is 29.6 Å². The summed E-state index contributed by atoms with van der Waals surface area (Å²) < 4.78 is 18.7. The fourth-order valence-corrected chi connectivity index (χ4v) is 3.70. The first kappa shape index (κ1) is 16.9. The Morgan fingerprint density at radius 3 is 2.79 bits per heavy atom. The number of carbonyl (C=O) groups is 2. The number of fused-ring (bicyclic) bond motifs is 1. The highest BCUT2D eigenvalue weighted by Gasteiger charge is 2.31. The van der Waals surface area contributed by atoms with E-state index >= 15 is 0 Å². The third kappa shape index (κ3) is 3.43. The van der Waals surface area contributed by atoms with Crippen LogP contribution < -0.4 is 4.90 Å². The number of methoxy groups -OCH3 is 1. The fraction of sp³-hybridized carbons (Fsp3) is 0.556. The number of hydrogen-bond donors (Lipinski definition) is 0. The molecule has 0 atom stereocenters. The van der Waals surface area contributed by atoms with E-state index < -0.39 is 0 Å². The first-order chi connectivity index (χ1) is 11.6. The zero-order chi connectivity index (χ0) is 17.1. The van der Waals surface area contributed by atoms with Gasteiger partial charge in [-0.25, -0.2) is 4.39 Å². The van der Waals surface area contributed by atoms with Gasteiger partial charge in [-0.1, -0.05) is 12.8 Å². The SMILES string of the molecule is COCC(=O)N1CCC(=O)N(C2CCCC2)Cc2cc(F)ccc21. The molecule has 0 bridgehead atoms. The minimum Gasteiger partial charge on any atom is -0.375 e. The summed E-state index contributed by atoms with van der Waals surface area (Å²) in [5.74, 6) is -0.535. The van der Waals surface area contributed by atoms with E-state index in [-0.39, 0.29) is 36.7 Å². The molecule has 2 amide bonds. The third-order valence-corrected chi connectivity index (χ3v) is 4.88. The summed E-state index contributed by atoms with van der Waals surface area (Å²) in [6, 6.07) is 4.65. The van der Waals surface area contributed by atoms with Gasteiger partial charge in [-0.2, -0.15) is 0 Å². The lowest BCUT2D eigenvalue weighted by Crippen LogP contribution is -2.44. The van der Waals surface area contributed by atoms with Crippen molar-refractivity contribution in [2.24, 2.45) is 0 Å². The summed E-state index contributed by atoms with van der Waals surface area (Å²) in [7, 11) is 1.46. The summed E-state index contributed by atoms with van der Waals surface area (Å²) in [6.07, 6.45) is 4.54. The summed E-state index contributed by atoms with van der Waals surface area (Å²) in [6.45, 7) is 0.591. The molecule has 1 aliphatic carbocycles. The maximum Gasteiger partial charge on any atom is 0.252 e. The Hall–Kier alpha value is -1.95. The van der Waals surface area contributed by atoms with Crippen LogP contribution in [0.2, 0.25) is 0 Å². The Balaban J connectivity index is 1.95. The molecular weight excluding hydrogens is 311 g/mol. The second-order valence-corrected chi connectivity index (χ2v) is 6.46. The molecule has 1 aliphatic heterocycles. The van der Waals surface area contributed by atoms with E-state index in [2.05, 4.69) is 0 Å². The van der Waals surface area contributed by atoms with Crippen molar-refractivity contribution in [3.8, 4) is 0 Å². The van der Waals surface area contributed by atoms with Gasteiger partial charge >= 0.3 is 0 Å². The minimum atomic E-state index is -0.354. The zero-order valence-corrected chi connectivity index (χ0v) is 14.0. The summed E-state index contributed by atoms with van der Waals surface area (Å²) >= 11 is 0. The molecule has 130 valence electrons. The third-order valence-electron chi connectivity index (χ3n) is 4.88. The van der Waals surface area contributed by atoms with Gasteiger partial charge in [0.05, 0.1) is 0 Å². The molecule has 1 aromatic carbocycles. The van der Waals surface area contributed by atoms with Crippen molar-refractivity contribution in [2.45, 2.75) is 44.7 Å². The van der Waals surface area contributed by atoms with Crippen LogP contribution in [0.4, 0.5) is 10.1 Å². The molecule has 2 aliphatic rings. The molecule has 0 spiro atoms. The van der Waals surface area contributed by atoms with Gasteiger partial charge in [-0.3, -0.25) is 9.59 Å². The average molecular weight is 334 g/mol. The highest BCUT2D eigenvalue weighted by Crippen LogP contribution is 2.31. The first-order valence-corrected chi connectivity index (χ1v) is 8.47. The monoisotopic (exact) mass is 334 g/mol. The Morgan fingerprint density at radius 2 is 2.08 bits per heavy atom. The highest BCUT2D eigenvalue weighted by molar-refractivity contribution is 5.96. The molecule has 24 heavy (non-hydrogen) atoms. The minimum absolute atomic E-state index is 0.0343. The molecule has 0 saturated heterocycles. The topological polar surface area (TPSA) is 49.9 Å². The molecule has 1 heterocycles. The van der Waals surface area contributed by atoms with Crippen molar-refractivity contribution >= 4 is 17.5 Å². The van der Waals surface area contributed by atoms with Gasteiger partial charge < -0.3 is 14.5 Å². The van der Waals surface area contributed by atoms with Gasteiger partial charge in [-0.15, -0.1) is 0 Å². The molecule has 0 unspecified atom stereocenters. The number of benzene rings is 1. The highest BCUT2D eigenvalue weighted by atomic mass is 19.1. The molecule has 3 rings (SSSR count). The van der Waals surface area contributed by atoms with E-state index in [4.69, 9.17) is 4.74 Å². The number of hydrogen-bond acceptors (Lipinski definition) is 3. The Morgan fingerprint density at radius 1 is 1.33 bits per heavy atom. The van der Waals surface area contributed by atoms with Gasteiger partial charge in [0.25, 0.3) is 5.91 Å². The van der Waals surface area contributed by atoms with E-state index in [1.165, 1.54) is 19.2 Å². The average Bonchev–Trinajstić information content (AvgIpc) is 3.07. The maximum absolute atomic E-state index is 13.8. The van der Waals surface area contributed by atoms with Crippen LogP contribution in [0, 0.1) is 5.82 Å². The predicted molar refractivity (Wildman–Crippen MR) is 88.1 cm³/mol. The van der Waals surface area contributed by atoms with Crippen molar-refractivity contribution in [1.82, 2.24) is 4.90 Å². The van der Waals surface area contributed by atoms with E-state index in [0.717, 1.165) is 25.7 Å². The molecule has 1 saturated carbocycles. The van der Waals surface area contributed by atoms with Crippen LogP contribution in [0.3, 0.4) is 0 Å². The molecule has 0 aromatic heterocycles. The van der Waals surface area contributed by atoms with Gasteiger partial charge in [0.15, 0.2) is 0 Å². The number of ether oxygens (including phenoxy) is 1. The molecule has 6 heteroatoms. The summed E-state index contributed by atoms with van der Waals surface area (Å²) in [5.41, 5.74) is 1.35. The second-order valence-electron chi connectivity index (χ2n) is 6.46. The van der Waals surface area contributed by atoms with Gasteiger partial charge in [0, 0.05) is 38.3 Å². The molecule has 5 nitrogen and oxygen atoms in total. The van der Waals surface area contributed by atoms with Gasteiger partial charge in [0.1, 0.15) is 12.4 Å². The van der Waals surface area contributed by atoms with Crippen LogP contribution in [0.15, 0.2) is 18.2 Å². The number of amides is 2. The van der Waals surface area contributed by atoms with Crippen molar-refractivity contribution in [2.75, 3.05) is 25.2 Å². The van der Waals surface area contributed by atoms with E-state index in [9.17, 15) is 14.0 Å². The molecule has 0 N–H and O–H groups in total. The lowest BCUT2D eigenvalue weighted by Gasteiger charge is -2.35. The first-order valence-electron chi connectivity index (χ1n) is 8.47. The van der Waals surface area contributed by atoms with Crippen LogP contribution in [0.1, 0.15) is 37.7 Å². The number of anilines is 1. The quantitative estimate of drug-likeness (QED) is 0.853. The Labute approximate surface area is 141 Å². The zero-order valence-electron chi connectivity index (χ0n) is 14.0. The second kappa shape index (κ2) is 7.30. The summed E-state index contributed by atoms with van der Waals surface area (Å²) in [4.78, 5) is 28.4. The number of carbonyl (C=O) groups excluding carboxylic acids is 2. The standard InChI is InChI=1S/C18H23FN2O3/c1-24-12-18(23)20-9-8-17(22)21(15-4-2-3-5-15)11-13-10-14(19)6-7-16(13)20/h6-7,10,15H,2-5,8-9,11-12H2,1H3. The van der Waals surface area contributed by atoms with Gasteiger partial charge in [0.2, 0.25) is 5.91 Å². The molecular formula is C18H23FN2O3. The van der Waals surface area contributed by atoms with E-state index in [0.29, 0.717) is 24.3 Å². The van der Waals surface area contributed by atoms with E-state index in [1.807, 2.05) is 4.90 Å². The van der Waals surface area contributed by atoms with Crippen LogP contribution >= 0.6 is 0 Å². The predicted octanol–water partition coefficient (Wildman–Crippen LogP) is 2.48. The fourth-order valence-electron chi connectivity index (χ4n) is 3.70. The lowest BCUT2D eigenvalue weighted by atomic mass is 10.1. The Bertz CT molecular complexity index is 629. The van der Waals surface area contributed by atoms with Crippen LogP contribution in [0.5, 0.6) is 0 Å². The number of rotatable bonds is 3. The molecule has 0 radical (unpaired) electrons. The van der Waals surface area contributed by atoms with Crippen molar-refractivity contribution in [1.29, 1.82) is 0 Å². The Kier molecular flexibility index (Phi) is 5.14. The van der Waals surface area contributed by atoms with Crippen LogP contribution in [-0.4, -0.2) is 43.0 Å². The van der Waals surface area contributed by atoms with E-state index in [1.54, 1.807) is 11.0 Å². The van der Waals surface area contributed by atoms with Crippen molar-refractivity contribution in [3.63, 3.8) is 0 Å². The normalized spacial score (nSPS) is 19.2. The largest absolute Gasteiger partial charge is 0.375 e. The maximum atomic E-state index is 13.8. The molecule has 1 fully saturated rings.